The maximum atomic E-state index is 11.7. The zero-order valence-electron chi connectivity index (χ0n) is 8.60. The molecule has 5 heteroatoms. The molecule has 0 aromatic carbocycles. The van der Waals surface area contributed by atoms with Gasteiger partial charge in [0.25, 0.3) is 5.91 Å². The maximum absolute atomic E-state index is 11.7. The van der Waals surface area contributed by atoms with E-state index in [0.29, 0.717) is 0 Å². The van der Waals surface area contributed by atoms with Crippen LogP contribution in [0.1, 0.15) is 17.4 Å². The molecule has 0 saturated heterocycles. The zero-order chi connectivity index (χ0) is 11.4. The lowest BCUT2D eigenvalue weighted by atomic mass is 10.3. The van der Waals surface area contributed by atoms with Crippen LogP contribution >= 0.6 is 0 Å². The summed E-state index contributed by atoms with van der Waals surface area (Å²) in [6.07, 6.45) is 1.41. The highest BCUT2D eigenvalue weighted by molar-refractivity contribution is 5.96. The Labute approximate surface area is 87.4 Å². The van der Waals surface area contributed by atoms with Crippen molar-refractivity contribution in [3.05, 3.63) is 24.0 Å². The Balaban J connectivity index is 2.85. The van der Waals surface area contributed by atoms with Crippen molar-refractivity contribution in [2.45, 2.75) is 6.92 Å². The molecule has 1 amide bonds. The summed E-state index contributed by atoms with van der Waals surface area (Å²) in [5.41, 5.74) is -0.0405. The first kappa shape index (κ1) is 11.2. The molecule has 1 aromatic heterocycles. The summed E-state index contributed by atoms with van der Waals surface area (Å²) in [7, 11) is 1.48. The third-order valence-corrected chi connectivity index (χ3v) is 1.80. The molecule has 5 nitrogen and oxygen atoms in total. The van der Waals surface area contributed by atoms with Gasteiger partial charge in [0.05, 0.1) is 6.54 Å². The number of ketones is 1. The van der Waals surface area contributed by atoms with Crippen LogP contribution in [-0.2, 0) is 4.79 Å². The van der Waals surface area contributed by atoms with Gasteiger partial charge in [0.1, 0.15) is 11.5 Å². The lowest BCUT2D eigenvalue weighted by Gasteiger charge is -2.14. The molecule has 1 aromatic rings. The van der Waals surface area contributed by atoms with Gasteiger partial charge in [0.2, 0.25) is 0 Å². The first-order valence-electron chi connectivity index (χ1n) is 4.41. The molecule has 0 spiro atoms. The first-order valence-corrected chi connectivity index (χ1v) is 4.41. The third kappa shape index (κ3) is 2.77. The number of aromatic hydroxyl groups is 1. The first-order chi connectivity index (χ1) is 7.02. The van der Waals surface area contributed by atoms with Crippen LogP contribution in [0.2, 0.25) is 0 Å². The van der Waals surface area contributed by atoms with E-state index in [2.05, 4.69) is 4.98 Å². The number of amides is 1. The SMILES string of the molecule is CC(=O)CN(C)C(=O)c1ncccc1O. The number of carbonyl (C=O) groups excluding carboxylic acids is 2. The van der Waals surface area contributed by atoms with Gasteiger partial charge in [-0.25, -0.2) is 4.98 Å². The molecule has 1 N–H and O–H groups in total. The second-order valence-corrected chi connectivity index (χ2v) is 3.23. The highest BCUT2D eigenvalue weighted by Crippen LogP contribution is 2.14. The summed E-state index contributed by atoms with van der Waals surface area (Å²) in [4.78, 5) is 27.4. The lowest BCUT2D eigenvalue weighted by Crippen LogP contribution is -2.31. The van der Waals surface area contributed by atoms with Crippen LogP contribution < -0.4 is 0 Å². The Kier molecular flexibility index (Phi) is 3.38. The summed E-state index contributed by atoms with van der Waals surface area (Å²) in [5.74, 6) is -0.775. The summed E-state index contributed by atoms with van der Waals surface area (Å²) >= 11 is 0. The Bertz CT molecular complexity index is 390. The standard InChI is InChI=1S/C10H12N2O3/c1-7(13)6-12(2)10(15)9-8(14)4-3-5-11-9/h3-5,14H,6H2,1-2H3. The zero-order valence-corrected chi connectivity index (χ0v) is 8.60. The van der Waals surface area contributed by atoms with Crippen LogP contribution in [-0.4, -0.2) is 40.3 Å². The summed E-state index contributed by atoms with van der Waals surface area (Å²) in [5, 5.41) is 9.37. The molecular formula is C10H12N2O3. The van der Waals surface area contributed by atoms with Crippen molar-refractivity contribution in [3.8, 4) is 5.75 Å². The number of pyridine rings is 1. The third-order valence-electron chi connectivity index (χ3n) is 1.80. The molecule has 80 valence electrons. The summed E-state index contributed by atoms with van der Waals surface area (Å²) in [6, 6.07) is 2.90. The van der Waals surface area contributed by atoms with Crippen molar-refractivity contribution in [1.29, 1.82) is 0 Å². The molecule has 0 atom stereocenters. The van der Waals surface area contributed by atoms with Gasteiger partial charge in [-0.05, 0) is 19.1 Å². The van der Waals surface area contributed by atoms with Crippen LogP contribution in [0.4, 0.5) is 0 Å². The smallest absolute Gasteiger partial charge is 0.276 e. The van der Waals surface area contributed by atoms with Gasteiger partial charge < -0.3 is 10.0 Å². The Morgan fingerprint density at radius 1 is 1.53 bits per heavy atom. The average Bonchev–Trinajstić information content (AvgIpc) is 2.16. The fourth-order valence-electron chi connectivity index (χ4n) is 1.15. The van der Waals surface area contributed by atoms with E-state index in [4.69, 9.17) is 0 Å². The van der Waals surface area contributed by atoms with Gasteiger partial charge >= 0.3 is 0 Å². The van der Waals surface area contributed by atoms with Crippen LogP contribution in [0.15, 0.2) is 18.3 Å². The number of carbonyl (C=O) groups is 2. The summed E-state index contributed by atoms with van der Waals surface area (Å²) < 4.78 is 0. The highest BCUT2D eigenvalue weighted by Gasteiger charge is 2.17. The lowest BCUT2D eigenvalue weighted by molar-refractivity contribution is -0.117. The van der Waals surface area contributed by atoms with Gasteiger partial charge in [0, 0.05) is 13.2 Å². The molecule has 0 bridgehead atoms. The quantitative estimate of drug-likeness (QED) is 0.782. The number of nitrogens with zero attached hydrogens (tertiary/aromatic N) is 2. The Morgan fingerprint density at radius 2 is 2.20 bits per heavy atom. The Morgan fingerprint density at radius 3 is 2.73 bits per heavy atom. The molecule has 0 radical (unpaired) electrons. The fraction of sp³-hybridized carbons (Fsp3) is 0.300. The molecular weight excluding hydrogens is 196 g/mol. The number of hydrogen-bond donors (Lipinski definition) is 1. The Hall–Kier alpha value is -1.91. The number of Topliss-reactive ketones (excluding diaryl/α,β-unsaturated/α-hetero) is 1. The van der Waals surface area contributed by atoms with Crippen molar-refractivity contribution in [2.75, 3.05) is 13.6 Å². The van der Waals surface area contributed by atoms with Gasteiger partial charge in [-0.1, -0.05) is 0 Å². The average molecular weight is 208 g/mol. The van der Waals surface area contributed by atoms with Crippen molar-refractivity contribution >= 4 is 11.7 Å². The molecule has 0 aliphatic heterocycles. The largest absolute Gasteiger partial charge is 0.505 e. The van der Waals surface area contributed by atoms with Crippen LogP contribution in [0.25, 0.3) is 0 Å². The van der Waals surface area contributed by atoms with Crippen LogP contribution in [0, 0.1) is 0 Å². The van der Waals surface area contributed by atoms with E-state index in [-0.39, 0.29) is 23.8 Å². The van der Waals surface area contributed by atoms with Crippen molar-refractivity contribution in [1.82, 2.24) is 9.88 Å². The molecule has 1 rings (SSSR count). The number of aromatic nitrogens is 1. The molecule has 1 heterocycles. The molecule has 15 heavy (non-hydrogen) atoms. The van der Waals surface area contributed by atoms with Crippen molar-refractivity contribution in [2.24, 2.45) is 0 Å². The number of hydrogen-bond acceptors (Lipinski definition) is 4. The second kappa shape index (κ2) is 4.54. The van der Waals surface area contributed by atoms with E-state index in [9.17, 15) is 14.7 Å². The molecule has 0 fully saturated rings. The minimum atomic E-state index is -0.469. The fourth-order valence-corrected chi connectivity index (χ4v) is 1.15. The second-order valence-electron chi connectivity index (χ2n) is 3.23. The van der Waals surface area contributed by atoms with Gasteiger partial charge in [-0.2, -0.15) is 0 Å². The summed E-state index contributed by atoms with van der Waals surface area (Å²) in [6.45, 7) is 1.40. The molecule has 0 unspecified atom stereocenters. The monoisotopic (exact) mass is 208 g/mol. The minimum Gasteiger partial charge on any atom is -0.505 e. The topological polar surface area (TPSA) is 70.5 Å². The van der Waals surface area contributed by atoms with E-state index in [1.807, 2.05) is 0 Å². The predicted molar refractivity (Wildman–Crippen MR) is 53.5 cm³/mol. The molecule has 0 aliphatic carbocycles. The van der Waals surface area contributed by atoms with Crippen LogP contribution in [0.5, 0.6) is 5.75 Å². The van der Waals surface area contributed by atoms with Crippen molar-refractivity contribution < 1.29 is 14.7 Å². The van der Waals surface area contributed by atoms with Gasteiger partial charge in [-0.3, -0.25) is 9.59 Å². The molecule has 0 aliphatic rings. The van der Waals surface area contributed by atoms with Crippen LogP contribution in [0.3, 0.4) is 0 Å². The number of likely N-dealkylation sites (N-methyl/N-ethyl adjacent to an activating group) is 1. The van der Waals surface area contributed by atoms with E-state index in [1.165, 1.54) is 37.2 Å². The van der Waals surface area contributed by atoms with E-state index in [0.717, 1.165) is 0 Å². The normalized spacial score (nSPS) is 9.73. The van der Waals surface area contributed by atoms with E-state index in [1.54, 1.807) is 0 Å². The minimum absolute atomic E-state index is 0.00878. The molecule has 0 saturated carbocycles. The highest BCUT2D eigenvalue weighted by atomic mass is 16.3. The predicted octanol–water partition coefficient (Wildman–Crippen LogP) is 0.448. The van der Waals surface area contributed by atoms with Gasteiger partial charge in [-0.15, -0.1) is 0 Å². The van der Waals surface area contributed by atoms with Crippen molar-refractivity contribution in [3.63, 3.8) is 0 Å². The van der Waals surface area contributed by atoms with Gasteiger partial charge in [0.15, 0.2) is 5.69 Å². The maximum Gasteiger partial charge on any atom is 0.276 e. The number of rotatable bonds is 3. The van der Waals surface area contributed by atoms with E-state index < -0.39 is 5.91 Å². The van der Waals surface area contributed by atoms with E-state index >= 15 is 0 Å².